The summed E-state index contributed by atoms with van der Waals surface area (Å²) in [5.41, 5.74) is 1.77. The number of nitrogens with zero attached hydrogens (tertiary/aromatic N) is 1. The highest BCUT2D eigenvalue weighted by Crippen LogP contribution is 2.40. The Morgan fingerprint density at radius 2 is 1.86 bits per heavy atom. The molecule has 0 atom stereocenters. The third-order valence-corrected chi connectivity index (χ3v) is 4.90. The minimum Gasteiger partial charge on any atom is -0.507 e. The van der Waals surface area contributed by atoms with Crippen LogP contribution in [0.15, 0.2) is 42.2 Å². The van der Waals surface area contributed by atoms with Gasteiger partial charge in [-0.15, -0.1) is 0 Å². The van der Waals surface area contributed by atoms with Crippen molar-refractivity contribution in [3.05, 3.63) is 63.9 Å². The fraction of sp³-hybridized carbons (Fsp3) is 0.318. The van der Waals surface area contributed by atoms with Gasteiger partial charge in [0.1, 0.15) is 11.5 Å². The van der Waals surface area contributed by atoms with Crippen LogP contribution in [-0.4, -0.2) is 56.3 Å². The number of hydrogen-bond donors (Lipinski definition) is 1. The van der Waals surface area contributed by atoms with Gasteiger partial charge in [-0.2, -0.15) is 0 Å². The number of carbonyl (C=O) groups is 1. The number of halogens is 1. The molecular formula is C22H24ClNO5. The minimum absolute atomic E-state index is 0.0837. The zero-order valence-corrected chi connectivity index (χ0v) is 17.2. The Bertz CT molecular complexity index is 904. The third kappa shape index (κ3) is 5.16. The monoisotopic (exact) mass is 417 g/mol. The maximum Gasteiger partial charge on any atom is 0.231 e. The Kier molecular flexibility index (Phi) is 7.28. The molecule has 0 bridgehead atoms. The molecule has 0 spiro atoms. The van der Waals surface area contributed by atoms with E-state index in [1.54, 1.807) is 38.5 Å². The van der Waals surface area contributed by atoms with E-state index in [2.05, 4.69) is 4.90 Å². The first kappa shape index (κ1) is 21.3. The van der Waals surface area contributed by atoms with Crippen molar-refractivity contribution in [1.82, 2.24) is 4.90 Å². The molecule has 1 heterocycles. The van der Waals surface area contributed by atoms with Crippen LogP contribution in [0.3, 0.4) is 0 Å². The zero-order valence-electron chi connectivity index (χ0n) is 16.5. The van der Waals surface area contributed by atoms with E-state index in [1.807, 2.05) is 12.1 Å². The van der Waals surface area contributed by atoms with Crippen LogP contribution in [0, 0.1) is 0 Å². The average Bonchev–Trinajstić information content (AvgIpc) is 3.01. The fourth-order valence-corrected chi connectivity index (χ4v) is 3.33. The summed E-state index contributed by atoms with van der Waals surface area (Å²) in [6.07, 6.45) is 1.66. The van der Waals surface area contributed by atoms with Gasteiger partial charge in [0.15, 0.2) is 5.76 Å². The van der Waals surface area contributed by atoms with Gasteiger partial charge in [0.2, 0.25) is 5.78 Å². The van der Waals surface area contributed by atoms with E-state index in [4.69, 9.17) is 25.8 Å². The largest absolute Gasteiger partial charge is 0.507 e. The highest BCUT2D eigenvalue weighted by atomic mass is 35.5. The van der Waals surface area contributed by atoms with E-state index in [0.717, 1.165) is 5.56 Å². The van der Waals surface area contributed by atoms with Gasteiger partial charge < -0.3 is 19.3 Å². The highest BCUT2D eigenvalue weighted by molar-refractivity contribution is 6.30. The van der Waals surface area contributed by atoms with Crippen LogP contribution in [0.1, 0.15) is 21.5 Å². The molecule has 6 nitrogen and oxygen atoms in total. The molecule has 154 valence electrons. The number of aromatic hydroxyl groups is 1. The highest BCUT2D eigenvalue weighted by Gasteiger charge is 2.31. The summed E-state index contributed by atoms with van der Waals surface area (Å²) in [6, 6.07) is 10.3. The van der Waals surface area contributed by atoms with Crippen molar-refractivity contribution in [3.8, 4) is 11.5 Å². The molecule has 1 N–H and O–H groups in total. The molecule has 0 radical (unpaired) electrons. The quantitative estimate of drug-likeness (QED) is 0.626. The Hall–Kier alpha value is -2.38. The zero-order chi connectivity index (χ0) is 20.8. The van der Waals surface area contributed by atoms with Crippen LogP contribution < -0.4 is 4.74 Å². The van der Waals surface area contributed by atoms with Crippen LogP contribution in [0.4, 0.5) is 0 Å². The van der Waals surface area contributed by atoms with Gasteiger partial charge in [-0.25, -0.2) is 0 Å². The lowest BCUT2D eigenvalue weighted by Crippen LogP contribution is -2.30. The van der Waals surface area contributed by atoms with E-state index in [1.165, 1.54) is 6.07 Å². The fourth-order valence-electron chi connectivity index (χ4n) is 3.13. The van der Waals surface area contributed by atoms with Crippen molar-refractivity contribution in [2.75, 3.05) is 40.5 Å². The number of methoxy groups -OCH3 is 2. The van der Waals surface area contributed by atoms with Crippen molar-refractivity contribution in [2.45, 2.75) is 6.54 Å². The van der Waals surface area contributed by atoms with Crippen LogP contribution >= 0.6 is 11.6 Å². The minimum atomic E-state index is -0.221. The van der Waals surface area contributed by atoms with Crippen LogP contribution in [0.2, 0.25) is 5.02 Å². The molecule has 2 aromatic rings. The maximum atomic E-state index is 12.8. The normalized spacial score (nSPS) is 14.5. The molecule has 3 rings (SSSR count). The van der Waals surface area contributed by atoms with Gasteiger partial charge in [-0.05, 0) is 35.9 Å². The molecule has 2 aromatic carbocycles. The molecule has 7 heteroatoms. The van der Waals surface area contributed by atoms with Gasteiger partial charge >= 0.3 is 0 Å². The first-order valence-corrected chi connectivity index (χ1v) is 9.66. The molecule has 0 saturated heterocycles. The standard InChI is InChI=1S/C22H24ClNO5/c1-27-10-8-24(9-11-28-2)14-18-19(25)7-6-17-21(26)20(29-22(17)18)13-15-4-3-5-16(23)12-15/h3-7,12-13,25H,8-11,14H2,1-2H3/b20-13-. The predicted molar refractivity (Wildman–Crippen MR) is 112 cm³/mol. The molecule has 29 heavy (non-hydrogen) atoms. The second kappa shape index (κ2) is 9.89. The lowest BCUT2D eigenvalue weighted by Gasteiger charge is -2.23. The average molecular weight is 418 g/mol. The van der Waals surface area contributed by atoms with E-state index < -0.39 is 0 Å². The van der Waals surface area contributed by atoms with E-state index >= 15 is 0 Å². The summed E-state index contributed by atoms with van der Waals surface area (Å²) in [5.74, 6) is 0.458. The Morgan fingerprint density at radius 3 is 2.52 bits per heavy atom. The van der Waals surface area contributed by atoms with Crippen LogP contribution in [0.25, 0.3) is 6.08 Å². The summed E-state index contributed by atoms with van der Waals surface area (Å²) >= 11 is 6.03. The van der Waals surface area contributed by atoms with Crippen molar-refractivity contribution >= 4 is 23.5 Å². The molecule has 0 aromatic heterocycles. The summed E-state index contributed by atoms with van der Waals surface area (Å²) in [4.78, 5) is 14.9. The van der Waals surface area contributed by atoms with Gasteiger partial charge in [-0.1, -0.05) is 23.7 Å². The Morgan fingerprint density at radius 1 is 1.14 bits per heavy atom. The summed E-state index contributed by atoms with van der Waals surface area (Å²) < 4.78 is 16.2. The number of Topliss-reactive ketones (excluding diaryl/α,β-unsaturated/α-hetero) is 1. The molecule has 0 saturated carbocycles. The second-order valence-corrected chi connectivity index (χ2v) is 7.13. The van der Waals surface area contributed by atoms with Crippen molar-refractivity contribution in [2.24, 2.45) is 0 Å². The molecule has 1 aliphatic rings. The number of hydrogen-bond acceptors (Lipinski definition) is 6. The lowest BCUT2D eigenvalue weighted by molar-refractivity contribution is 0.101. The molecule has 0 unspecified atom stereocenters. The molecule has 0 fully saturated rings. The number of rotatable bonds is 9. The number of phenolic OH excluding ortho intramolecular Hbond substituents is 1. The van der Waals surface area contributed by atoms with Crippen LogP contribution in [0.5, 0.6) is 11.5 Å². The smallest absolute Gasteiger partial charge is 0.231 e. The number of carbonyl (C=O) groups excluding carboxylic acids is 1. The number of fused-ring (bicyclic) bond motifs is 1. The Balaban J connectivity index is 1.89. The maximum absolute atomic E-state index is 12.8. The first-order chi connectivity index (χ1) is 14.0. The third-order valence-electron chi connectivity index (χ3n) is 4.67. The van der Waals surface area contributed by atoms with Gasteiger partial charge in [0, 0.05) is 38.9 Å². The van der Waals surface area contributed by atoms with Gasteiger partial charge in [-0.3, -0.25) is 9.69 Å². The number of phenols is 1. The lowest BCUT2D eigenvalue weighted by atomic mass is 10.0. The van der Waals surface area contributed by atoms with Gasteiger partial charge in [0.25, 0.3) is 0 Å². The predicted octanol–water partition coefficient (Wildman–Crippen LogP) is 3.76. The number of ether oxygens (including phenoxy) is 3. The number of benzene rings is 2. The van der Waals surface area contributed by atoms with E-state index in [0.29, 0.717) is 54.7 Å². The molecule has 1 aliphatic heterocycles. The molecule has 0 aliphatic carbocycles. The van der Waals surface area contributed by atoms with Crippen molar-refractivity contribution in [1.29, 1.82) is 0 Å². The number of ketones is 1. The van der Waals surface area contributed by atoms with Crippen molar-refractivity contribution in [3.63, 3.8) is 0 Å². The van der Waals surface area contributed by atoms with Crippen molar-refractivity contribution < 1.29 is 24.1 Å². The van der Waals surface area contributed by atoms with Gasteiger partial charge in [0.05, 0.1) is 24.3 Å². The molecule has 0 amide bonds. The molecular weight excluding hydrogens is 394 g/mol. The van der Waals surface area contributed by atoms with E-state index in [9.17, 15) is 9.90 Å². The topological polar surface area (TPSA) is 68.2 Å². The summed E-state index contributed by atoms with van der Waals surface area (Å²) in [6.45, 7) is 2.79. The summed E-state index contributed by atoms with van der Waals surface area (Å²) in [7, 11) is 3.28. The number of allylic oxidation sites excluding steroid dienone is 1. The summed E-state index contributed by atoms with van der Waals surface area (Å²) in [5, 5.41) is 11.0. The Labute approximate surface area is 175 Å². The SMILES string of the molecule is COCCN(CCOC)Cc1c(O)ccc2c1O/C(=C\c1cccc(Cl)c1)C2=O. The van der Waals surface area contributed by atoms with E-state index in [-0.39, 0.29) is 17.3 Å². The first-order valence-electron chi connectivity index (χ1n) is 9.28. The van der Waals surface area contributed by atoms with Crippen LogP contribution in [-0.2, 0) is 16.0 Å². The second-order valence-electron chi connectivity index (χ2n) is 6.70.